The van der Waals surface area contributed by atoms with Gasteiger partial charge in [-0.2, -0.15) is 0 Å². The van der Waals surface area contributed by atoms with E-state index in [1.54, 1.807) is 6.07 Å². The second kappa shape index (κ2) is 6.93. The third kappa shape index (κ3) is 3.47. The van der Waals surface area contributed by atoms with Crippen LogP contribution in [0.2, 0.25) is 0 Å². The van der Waals surface area contributed by atoms with E-state index in [0.717, 1.165) is 37.6 Å². The fraction of sp³-hybridized carbons (Fsp3) is 0.444. The van der Waals surface area contributed by atoms with Gasteiger partial charge in [0.05, 0.1) is 11.3 Å². The molecule has 4 heterocycles. The van der Waals surface area contributed by atoms with Crippen LogP contribution in [0.5, 0.6) is 0 Å². The molecule has 2 aliphatic heterocycles. The molecule has 8 nitrogen and oxygen atoms in total. The number of aromatic nitrogens is 3. The summed E-state index contributed by atoms with van der Waals surface area (Å²) in [6.07, 6.45) is -1.54. The molecule has 1 fully saturated rings. The van der Waals surface area contributed by atoms with E-state index in [0.29, 0.717) is 12.6 Å². The highest BCUT2D eigenvalue weighted by molar-refractivity contribution is 5.88. The molecule has 0 aliphatic carbocycles. The lowest BCUT2D eigenvalue weighted by atomic mass is 9.99. The minimum atomic E-state index is -3.31. The number of aryl methyl sites for hydroxylation is 1. The average Bonchev–Trinajstić information content (AvgIpc) is 2.66. The monoisotopic (exact) mass is 390 g/mol. The van der Waals surface area contributed by atoms with Crippen molar-refractivity contribution in [1.82, 2.24) is 20.3 Å². The maximum Gasteiger partial charge on any atom is 0.413 e. The molecule has 0 spiro atoms. The largest absolute Gasteiger partial charge is 0.434 e. The van der Waals surface area contributed by atoms with Crippen molar-refractivity contribution in [3.8, 4) is 11.4 Å². The van der Waals surface area contributed by atoms with E-state index >= 15 is 0 Å². The van der Waals surface area contributed by atoms with E-state index in [9.17, 15) is 13.6 Å². The normalized spacial score (nSPS) is 19.6. The summed E-state index contributed by atoms with van der Waals surface area (Å²) >= 11 is 0. The number of hydrogen-bond acceptors (Lipinski definition) is 7. The number of halogens is 2. The quantitative estimate of drug-likeness (QED) is 0.832. The molecule has 0 saturated carbocycles. The highest BCUT2D eigenvalue weighted by Gasteiger charge is 2.45. The molecule has 2 aromatic heterocycles. The van der Waals surface area contributed by atoms with E-state index in [4.69, 9.17) is 4.74 Å². The van der Waals surface area contributed by atoms with Gasteiger partial charge in [-0.25, -0.2) is 28.5 Å². The van der Waals surface area contributed by atoms with Crippen molar-refractivity contribution in [1.29, 1.82) is 0 Å². The number of carbonyl (C=O) groups is 1. The molecule has 4 rings (SSSR count). The fourth-order valence-corrected chi connectivity index (χ4v) is 3.42. The number of pyridine rings is 1. The van der Waals surface area contributed by atoms with E-state index in [1.165, 1.54) is 6.33 Å². The van der Waals surface area contributed by atoms with Gasteiger partial charge in [-0.3, -0.25) is 5.32 Å². The Balaban J connectivity index is 1.83. The lowest BCUT2D eigenvalue weighted by Gasteiger charge is -2.31. The number of nitrogens with zero attached hydrogens (tertiary/aromatic N) is 4. The number of ether oxygens (including phenoxy) is 1. The first-order valence-corrected chi connectivity index (χ1v) is 8.98. The number of hydrogen-bond donors (Lipinski definition) is 2. The molecule has 28 heavy (non-hydrogen) atoms. The Morgan fingerprint density at radius 2 is 2.00 bits per heavy atom. The van der Waals surface area contributed by atoms with Crippen LogP contribution in [0, 0.1) is 6.92 Å². The number of rotatable bonds is 3. The number of cyclic esters (lactones) is 1. The molecule has 10 heteroatoms. The molecule has 148 valence electrons. The molecule has 1 atom stereocenters. The van der Waals surface area contributed by atoms with E-state index in [2.05, 4.69) is 30.5 Å². The van der Waals surface area contributed by atoms with Crippen LogP contribution < -0.4 is 15.5 Å². The molecule has 2 aromatic rings. The summed E-state index contributed by atoms with van der Waals surface area (Å²) < 4.78 is 33.3. The van der Waals surface area contributed by atoms with Crippen LogP contribution in [0.15, 0.2) is 18.5 Å². The standard InChI is InChI=1S/C18H20F2N6O2/c1-10-7-11(24-12(8-10)26-5-3-21-4-6-26)14-13-15(18(2,19)20)28-17(27)25-16(13)23-9-22-14/h7-9,15,21H,3-6H2,1-2H3,(H,22,23,25,27)/t15-/m1/s1. The second-order valence-corrected chi connectivity index (χ2v) is 6.98. The lowest BCUT2D eigenvalue weighted by Crippen LogP contribution is -2.44. The van der Waals surface area contributed by atoms with Crippen LogP contribution in [0.25, 0.3) is 11.4 Å². The summed E-state index contributed by atoms with van der Waals surface area (Å²) in [6, 6.07) is 3.72. The zero-order valence-electron chi connectivity index (χ0n) is 15.5. The summed E-state index contributed by atoms with van der Waals surface area (Å²) in [6.45, 7) is 5.90. The van der Waals surface area contributed by atoms with Crippen LogP contribution in [0.4, 0.5) is 25.2 Å². The smallest absolute Gasteiger partial charge is 0.413 e. The molecule has 0 aromatic carbocycles. The Kier molecular flexibility index (Phi) is 4.58. The predicted molar refractivity (Wildman–Crippen MR) is 98.5 cm³/mol. The Labute approximate surface area is 160 Å². The Morgan fingerprint density at radius 3 is 2.71 bits per heavy atom. The highest BCUT2D eigenvalue weighted by Crippen LogP contribution is 2.43. The van der Waals surface area contributed by atoms with E-state index in [1.807, 2.05) is 13.0 Å². The van der Waals surface area contributed by atoms with Gasteiger partial charge in [0.15, 0.2) is 6.10 Å². The summed E-state index contributed by atoms with van der Waals surface area (Å²) in [5, 5.41) is 5.66. The number of alkyl halides is 2. The minimum Gasteiger partial charge on any atom is -0.434 e. The first kappa shape index (κ1) is 18.5. The third-order valence-corrected chi connectivity index (χ3v) is 4.69. The van der Waals surface area contributed by atoms with Crippen molar-refractivity contribution < 1.29 is 18.3 Å². The maximum atomic E-state index is 14.2. The van der Waals surface area contributed by atoms with Crippen LogP contribution in [0.1, 0.15) is 24.2 Å². The summed E-state index contributed by atoms with van der Waals surface area (Å²) in [4.78, 5) is 26.6. The Morgan fingerprint density at radius 1 is 1.25 bits per heavy atom. The van der Waals surface area contributed by atoms with Crippen molar-refractivity contribution in [2.45, 2.75) is 25.9 Å². The third-order valence-electron chi connectivity index (χ3n) is 4.69. The minimum absolute atomic E-state index is 0.0137. The van der Waals surface area contributed by atoms with Crippen molar-refractivity contribution in [2.75, 3.05) is 36.4 Å². The number of carbonyl (C=O) groups excluding carboxylic acids is 1. The SMILES string of the molecule is Cc1cc(-c2ncnc3c2[C@H](C(C)(F)F)OC(=O)N3)nc(N2CCNCC2)c1. The zero-order valence-corrected chi connectivity index (χ0v) is 15.5. The first-order chi connectivity index (χ1) is 13.3. The van der Waals surface area contributed by atoms with Crippen LogP contribution >= 0.6 is 0 Å². The summed E-state index contributed by atoms with van der Waals surface area (Å²) in [5.41, 5.74) is 1.60. The van der Waals surface area contributed by atoms with Gasteiger partial charge in [-0.15, -0.1) is 0 Å². The Hall–Kier alpha value is -2.88. The van der Waals surface area contributed by atoms with Gasteiger partial charge < -0.3 is 15.0 Å². The average molecular weight is 390 g/mol. The van der Waals surface area contributed by atoms with Gasteiger partial charge in [0.1, 0.15) is 23.7 Å². The van der Waals surface area contributed by atoms with Gasteiger partial charge in [-0.05, 0) is 24.6 Å². The number of amides is 1. The Bertz CT molecular complexity index is 911. The molecule has 1 saturated heterocycles. The lowest BCUT2D eigenvalue weighted by molar-refractivity contribution is -0.0985. The van der Waals surface area contributed by atoms with Crippen molar-refractivity contribution >= 4 is 17.7 Å². The van der Waals surface area contributed by atoms with Gasteiger partial charge in [-0.1, -0.05) is 0 Å². The van der Waals surface area contributed by atoms with Crippen molar-refractivity contribution in [3.05, 3.63) is 29.6 Å². The number of anilines is 2. The predicted octanol–water partition coefficient (Wildman–Crippen LogP) is 2.52. The summed E-state index contributed by atoms with van der Waals surface area (Å²) in [5.74, 6) is -2.54. The van der Waals surface area contributed by atoms with E-state index < -0.39 is 18.1 Å². The van der Waals surface area contributed by atoms with Crippen LogP contribution in [-0.2, 0) is 4.74 Å². The topological polar surface area (TPSA) is 92.3 Å². The van der Waals surface area contributed by atoms with E-state index in [-0.39, 0.29) is 17.1 Å². The number of nitrogens with one attached hydrogen (secondary N) is 2. The highest BCUT2D eigenvalue weighted by atomic mass is 19.3. The molecular weight excluding hydrogens is 370 g/mol. The molecule has 1 amide bonds. The van der Waals surface area contributed by atoms with Gasteiger partial charge in [0, 0.05) is 33.1 Å². The molecule has 0 bridgehead atoms. The molecule has 2 N–H and O–H groups in total. The number of fused-ring (bicyclic) bond motifs is 1. The fourth-order valence-electron chi connectivity index (χ4n) is 3.42. The zero-order chi connectivity index (χ0) is 19.9. The summed E-state index contributed by atoms with van der Waals surface area (Å²) in [7, 11) is 0. The first-order valence-electron chi connectivity index (χ1n) is 8.98. The van der Waals surface area contributed by atoms with Gasteiger partial charge in [0.25, 0.3) is 5.92 Å². The maximum absolute atomic E-state index is 14.2. The van der Waals surface area contributed by atoms with Crippen LogP contribution in [-0.4, -0.2) is 53.1 Å². The van der Waals surface area contributed by atoms with Crippen molar-refractivity contribution in [2.24, 2.45) is 0 Å². The van der Waals surface area contributed by atoms with Crippen LogP contribution in [0.3, 0.4) is 0 Å². The molecule has 2 aliphatic rings. The van der Waals surface area contributed by atoms with Gasteiger partial charge in [0.2, 0.25) is 0 Å². The molecule has 0 unspecified atom stereocenters. The number of piperazine rings is 1. The van der Waals surface area contributed by atoms with Crippen molar-refractivity contribution in [3.63, 3.8) is 0 Å². The van der Waals surface area contributed by atoms with Gasteiger partial charge >= 0.3 is 6.09 Å². The molecular formula is C18H20F2N6O2. The molecule has 0 radical (unpaired) electrons. The second-order valence-electron chi connectivity index (χ2n) is 6.98.